The maximum Gasteiger partial charge on any atom is 0.144 e. The van der Waals surface area contributed by atoms with E-state index in [2.05, 4.69) is 37.6 Å². The van der Waals surface area contributed by atoms with Crippen molar-refractivity contribution in [3.63, 3.8) is 0 Å². The topological polar surface area (TPSA) is 60.7 Å². The van der Waals surface area contributed by atoms with Gasteiger partial charge in [0, 0.05) is 23.3 Å². The van der Waals surface area contributed by atoms with Crippen molar-refractivity contribution in [2.75, 3.05) is 18.4 Å². The second kappa shape index (κ2) is 5.28. The molecular formula is C11H13BrN4. The van der Waals surface area contributed by atoms with Gasteiger partial charge < -0.3 is 10.6 Å². The van der Waals surface area contributed by atoms with Crippen molar-refractivity contribution in [2.24, 2.45) is 0 Å². The van der Waals surface area contributed by atoms with Crippen LogP contribution in [0.2, 0.25) is 0 Å². The number of nitriles is 1. The van der Waals surface area contributed by atoms with Gasteiger partial charge in [0.25, 0.3) is 0 Å². The largest absolute Gasteiger partial charge is 0.367 e. The fourth-order valence-corrected chi connectivity index (χ4v) is 2.15. The number of anilines is 1. The average Bonchev–Trinajstić information content (AvgIpc) is 2.80. The van der Waals surface area contributed by atoms with Crippen molar-refractivity contribution in [1.29, 1.82) is 5.26 Å². The molecule has 0 aliphatic carbocycles. The molecule has 0 radical (unpaired) electrons. The van der Waals surface area contributed by atoms with Gasteiger partial charge >= 0.3 is 0 Å². The normalized spacial score (nSPS) is 19.4. The third kappa shape index (κ3) is 2.71. The van der Waals surface area contributed by atoms with Crippen LogP contribution in [0.25, 0.3) is 0 Å². The minimum absolute atomic E-state index is 0.497. The molecule has 1 saturated heterocycles. The summed E-state index contributed by atoms with van der Waals surface area (Å²) >= 11 is 3.30. The Morgan fingerprint density at radius 2 is 2.56 bits per heavy atom. The number of hydrogen-bond acceptors (Lipinski definition) is 4. The van der Waals surface area contributed by atoms with E-state index in [9.17, 15) is 0 Å². The Balaban J connectivity index is 2.00. The molecular weight excluding hydrogens is 268 g/mol. The molecule has 1 atom stereocenters. The van der Waals surface area contributed by atoms with Crippen molar-refractivity contribution in [3.8, 4) is 6.07 Å². The fourth-order valence-electron chi connectivity index (χ4n) is 1.82. The second-order valence-electron chi connectivity index (χ2n) is 3.84. The highest BCUT2D eigenvalue weighted by Crippen LogP contribution is 2.17. The highest BCUT2D eigenvalue weighted by Gasteiger charge is 2.14. The van der Waals surface area contributed by atoms with Crippen LogP contribution in [0.15, 0.2) is 16.7 Å². The Morgan fingerprint density at radius 1 is 1.69 bits per heavy atom. The van der Waals surface area contributed by atoms with Crippen molar-refractivity contribution in [3.05, 3.63) is 22.3 Å². The van der Waals surface area contributed by atoms with E-state index in [-0.39, 0.29) is 0 Å². The Hall–Kier alpha value is -1.12. The van der Waals surface area contributed by atoms with Gasteiger partial charge in [-0.15, -0.1) is 0 Å². The molecule has 2 heterocycles. The molecule has 0 aromatic carbocycles. The third-order valence-corrected chi connectivity index (χ3v) is 3.09. The van der Waals surface area contributed by atoms with Gasteiger partial charge in [-0.2, -0.15) is 5.26 Å². The van der Waals surface area contributed by atoms with E-state index in [1.54, 1.807) is 12.3 Å². The molecule has 16 heavy (non-hydrogen) atoms. The first-order valence-electron chi connectivity index (χ1n) is 5.32. The molecule has 1 aliphatic rings. The lowest BCUT2D eigenvalue weighted by Crippen LogP contribution is -2.29. The molecule has 1 aliphatic heterocycles. The number of hydrogen-bond donors (Lipinski definition) is 2. The van der Waals surface area contributed by atoms with Gasteiger partial charge in [-0.05, 0) is 41.4 Å². The molecule has 1 aromatic rings. The summed E-state index contributed by atoms with van der Waals surface area (Å²) in [7, 11) is 0. The summed E-state index contributed by atoms with van der Waals surface area (Å²) in [6, 6.07) is 4.41. The van der Waals surface area contributed by atoms with Crippen LogP contribution in [0.4, 0.5) is 5.82 Å². The van der Waals surface area contributed by atoms with Crippen LogP contribution in [0, 0.1) is 11.3 Å². The summed E-state index contributed by atoms with van der Waals surface area (Å²) < 4.78 is 0.827. The first-order chi connectivity index (χ1) is 7.79. The maximum atomic E-state index is 8.97. The summed E-state index contributed by atoms with van der Waals surface area (Å²) in [5.41, 5.74) is 0.576. The Morgan fingerprint density at radius 3 is 3.25 bits per heavy atom. The lowest BCUT2D eigenvalue weighted by atomic mass is 10.2. The molecule has 4 nitrogen and oxygen atoms in total. The number of nitrogens with zero attached hydrogens (tertiary/aromatic N) is 2. The lowest BCUT2D eigenvalue weighted by molar-refractivity contribution is 0.632. The number of rotatable bonds is 3. The molecule has 0 spiro atoms. The van der Waals surface area contributed by atoms with E-state index in [0.29, 0.717) is 17.4 Å². The molecule has 84 valence electrons. The Bertz CT molecular complexity index is 407. The van der Waals surface area contributed by atoms with E-state index < -0.39 is 0 Å². The standard InChI is InChI=1S/C11H13BrN4/c12-9-4-8(5-13)11(15-6-9)16-7-10-2-1-3-14-10/h4,6,10,14H,1-3,7H2,(H,15,16). The highest BCUT2D eigenvalue weighted by atomic mass is 79.9. The molecule has 0 amide bonds. The Kier molecular flexibility index (Phi) is 3.75. The molecule has 1 fully saturated rings. The van der Waals surface area contributed by atoms with E-state index >= 15 is 0 Å². The van der Waals surface area contributed by atoms with E-state index in [1.807, 2.05) is 0 Å². The average molecular weight is 281 g/mol. The zero-order valence-corrected chi connectivity index (χ0v) is 10.4. The van der Waals surface area contributed by atoms with Crippen molar-refractivity contribution in [2.45, 2.75) is 18.9 Å². The monoisotopic (exact) mass is 280 g/mol. The SMILES string of the molecule is N#Cc1cc(Br)cnc1NCC1CCCN1. The number of aromatic nitrogens is 1. The predicted octanol–water partition coefficient (Wildman–Crippen LogP) is 1.88. The summed E-state index contributed by atoms with van der Waals surface area (Å²) in [5.74, 6) is 0.666. The van der Waals surface area contributed by atoms with Crippen LogP contribution in [-0.4, -0.2) is 24.1 Å². The van der Waals surface area contributed by atoms with Crippen LogP contribution < -0.4 is 10.6 Å². The quantitative estimate of drug-likeness (QED) is 0.888. The van der Waals surface area contributed by atoms with Gasteiger partial charge in [0.15, 0.2) is 0 Å². The molecule has 5 heteroatoms. The van der Waals surface area contributed by atoms with E-state index in [0.717, 1.165) is 17.6 Å². The number of pyridine rings is 1. The first-order valence-corrected chi connectivity index (χ1v) is 6.12. The zero-order valence-electron chi connectivity index (χ0n) is 8.83. The van der Waals surface area contributed by atoms with Crippen LogP contribution in [-0.2, 0) is 0 Å². The smallest absolute Gasteiger partial charge is 0.144 e. The number of halogens is 1. The molecule has 0 bridgehead atoms. The molecule has 0 saturated carbocycles. The van der Waals surface area contributed by atoms with E-state index in [4.69, 9.17) is 5.26 Å². The van der Waals surface area contributed by atoms with Crippen molar-refractivity contribution in [1.82, 2.24) is 10.3 Å². The predicted molar refractivity (Wildman–Crippen MR) is 66.2 cm³/mol. The molecule has 1 aromatic heterocycles. The van der Waals surface area contributed by atoms with Crippen LogP contribution in [0.1, 0.15) is 18.4 Å². The number of nitrogens with one attached hydrogen (secondary N) is 2. The highest BCUT2D eigenvalue weighted by molar-refractivity contribution is 9.10. The maximum absolute atomic E-state index is 8.97. The van der Waals surface area contributed by atoms with Crippen LogP contribution in [0.5, 0.6) is 0 Å². The minimum Gasteiger partial charge on any atom is -0.367 e. The van der Waals surface area contributed by atoms with Crippen LogP contribution in [0.3, 0.4) is 0 Å². The van der Waals surface area contributed by atoms with Gasteiger partial charge in [-0.1, -0.05) is 0 Å². The van der Waals surface area contributed by atoms with Crippen molar-refractivity contribution >= 4 is 21.7 Å². The first kappa shape index (κ1) is 11.4. The summed E-state index contributed by atoms with van der Waals surface area (Å²) in [4.78, 5) is 4.20. The Labute approximate surface area is 103 Å². The van der Waals surface area contributed by atoms with Gasteiger partial charge in [-0.25, -0.2) is 4.98 Å². The van der Waals surface area contributed by atoms with Gasteiger partial charge in [0.1, 0.15) is 11.9 Å². The van der Waals surface area contributed by atoms with Gasteiger partial charge in [0.2, 0.25) is 0 Å². The van der Waals surface area contributed by atoms with E-state index in [1.165, 1.54) is 12.8 Å². The molecule has 1 unspecified atom stereocenters. The summed E-state index contributed by atoms with van der Waals surface area (Å²) in [6.07, 6.45) is 4.11. The third-order valence-electron chi connectivity index (χ3n) is 2.65. The summed E-state index contributed by atoms with van der Waals surface area (Å²) in [5, 5.41) is 15.6. The minimum atomic E-state index is 0.497. The lowest BCUT2D eigenvalue weighted by Gasteiger charge is -2.12. The fraction of sp³-hybridized carbons (Fsp3) is 0.455. The van der Waals surface area contributed by atoms with Gasteiger partial charge in [-0.3, -0.25) is 0 Å². The van der Waals surface area contributed by atoms with Crippen LogP contribution >= 0.6 is 15.9 Å². The zero-order chi connectivity index (χ0) is 11.4. The van der Waals surface area contributed by atoms with Crippen molar-refractivity contribution < 1.29 is 0 Å². The van der Waals surface area contributed by atoms with Gasteiger partial charge in [0.05, 0.1) is 5.56 Å². The molecule has 2 N–H and O–H groups in total. The second-order valence-corrected chi connectivity index (χ2v) is 4.75. The molecule has 2 rings (SSSR count). The summed E-state index contributed by atoms with van der Waals surface area (Å²) in [6.45, 7) is 1.91.